The van der Waals surface area contributed by atoms with E-state index in [9.17, 15) is 4.79 Å². The standard InChI is InChI=1S/C14H22N2O/c1-10(2)12(13(17)14(3,4)5)6-11-7-15-9-16-8-11/h7-10,12H,6H2,1-5H3/t12-/m0/s1. The summed E-state index contributed by atoms with van der Waals surface area (Å²) in [7, 11) is 0. The molecule has 0 saturated heterocycles. The Balaban J connectivity index is 2.85. The molecule has 0 saturated carbocycles. The molecule has 1 rings (SSSR count). The highest BCUT2D eigenvalue weighted by Crippen LogP contribution is 2.27. The Morgan fingerprint density at radius 3 is 2.18 bits per heavy atom. The van der Waals surface area contributed by atoms with Gasteiger partial charge in [0.1, 0.15) is 12.1 Å². The van der Waals surface area contributed by atoms with Crippen LogP contribution in [0.4, 0.5) is 0 Å². The summed E-state index contributed by atoms with van der Waals surface area (Å²) in [5, 5.41) is 0. The summed E-state index contributed by atoms with van der Waals surface area (Å²) in [6, 6.07) is 0. The number of hydrogen-bond donors (Lipinski definition) is 0. The van der Waals surface area contributed by atoms with Gasteiger partial charge in [-0.05, 0) is 17.9 Å². The van der Waals surface area contributed by atoms with Crippen LogP contribution >= 0.6 is 0 Å². The van der Waals surface area contributed by atoms with Gasteiger partial charge in [0.15, 0.2) is 0 Å². The van der Waals surface area contributed by atoms with Gasteiger partial charge in [0.25, 0.3) is 0 Å². The Bertz CT molecular complexity index is 366. The molecule has 1 heterocycles. The van der Waals surface area contributed by atoms with Gasteiger partial charge in [-0.3, -0.25) is 4.79 Å². The van der Waals surface area contributed by atoms with Gasteiger partial charge >= 0.3 is 0 Å². The second-order valence-electron chi connectivity index (χ2n) is 5.92. The summed E-state index contributed by atoms with van der Waals surface area (Å²) in [5.41, 5.74) is 0.744. The predicted octanol–water partition coefficient (Wildman–Crippen LogP) is 2.91. The first-order valence-electron chi connectivity index (χ1n) is 6.10. The van der Waals surface area contributed by atoms with Crippen molar-refractivity contribution in [2.75, 3.05) is 0 Å². The summed E-state index contributed by atoms with van der Waals surface area (Å²) >= 11 is 0. The average Bonchev–Trinajstić information content (AvgIpc) is 2.24. The molecule has 3 nitrogen and oxygen atoms in total. The highest BCUT2D eigenvalue weighted by atomic mass is 16.1. The molecule has 0 aliphatic rings. The largest absolute Gasteiger partial charge is 0.299 e. The molecule has 0 radical (unpaired) electrons. The zero-order valence-corrected chi connectivity index (χ0v) is 11.4. The molecule has 17 heavy (non-hydrogen) atoms. The molecule has 0 aliphatic carbocycles. The third kappa shape index (κ3) is 3.91. The predicted molar refractivity (Wildman–Crippen MR) is 68.5 cm³/mol. The number of ketones is 1. The summed E-state index contributed by atoms with van der Waals surface area (Å²) in [6.45, 7) is 10.1. The lowest BCUT2D eigenvalue weighted by Crippen LogP contribution is -2.33. The SMILES string of the molecule is CC(C)[C@H](Cc1cncnc1)C(=O)C(C)(C)C. The van der Waals surface area contributed by atoms with E-state index in [-0.39, 0.29) is 11.3 Å². The van der Waals surface area contributed by atoms with Crippen LogP contribution in [0.15, 0.2) is 18.7 Å². The molecular weight excluding hydrogens is 212 g/mol. The fourth-order valence-corrected chi connectivity index (χ4v) is 1.88. The lowest BCUT2D eigenvalue weighted by atomic mass is 9.76. The van der Waals surface area contributed by atoms with Crippen molar-refractivity contribution >= 4 is 5.78 Å². The monoisotopic (exact) mass is 234 g/mol. The Labute approximate surface area is 104 Å². The third-order valence-electron chi connectivity index (χ3n) is 2.95. The minimum absolute atomic E-state index is 0.0426. The van der Waals surface area contributed by atoms with Crippen LogP contribution in [0.25, 0.3) is 0 Å². The van der Waals surface area contributed by atoms with Crippen LogP contribution in [-0.4, -0.2) is 15.8 Å². The van der Waals surface area contributed by atoms with Crippen molar-refractivity contribution in [3.05, 3.63) is 24.3 Å². The quantitative estimate of drug-likeness (QED) is 0.804. The van der Waals surface area contributed by atoms with E-state index in [4.69, 9.17) is 0 Å². The van der Waals surface area contributed by atoms with Crippen LogP contribution in [0, 0.1) is 17.3 Å². The third-order valence-corrected chi connectivity index (χ3v) is 2.95. The first kappa shape index (κ1) is 13.8. The zero-order valence-electron chi connectivity index (χ0n) is 11.4. The number of rotatable bonds is 4. The fraction of sp³-hybridized carbons (Fsp3) is 0.643. The molecule has 0 fully saturated rings. The molecule has 1 atom stereocenters. The molecule has 0 aromatic carbocycles. The highest BCUT2D eigenvalue weighted by molar-refractivity contribution is 5.86. The second-order valence-corrected chi connectivity index (χ2v) is 5.92. The summed E-state index contributed by atoms with van der Waals surface area (Å²) in [5.74, 6) is 0.694. The molecule has 94 valence electrons. The number of Topliss-reactive ketones (excluding diaryl/α,β-unsaturated/α-hetero) is 1. The molecule has 3 heteroatoms. The number of hydrogen-bond acceptors (Lipinski definition) is 3. The highest BCUT2D eigenvalue weighted by Gasteiger charge is 2.31. The first-order chi connectivity index (χ1) is 7.82. The minimum atomic E-state index is -0.287. The van der Waals surface area contributed by atoms with E-state index < -0.39 is 0 Å². The van der Waals surface area contributed by atoms with E-state index in [1.54, 1.807) is 12.4 Å². The van der Waals surface area contributed by atoms with Crippen LogP contribution < -0.4 is 0 Å². The zero-order chi connectivity index (χ0) is 13.1. The van der Waals surface area contributed by atoms with E-state index in [0.717, 1.165) is 12.0 Å². The molecule has 0 spiro atoms. The Hall–Kier alpha value is -1.25. The van der Waals surface area contributed by atoms with Crippen molar-refractivity contribution in [2.24, 2.45) is 17.3 Å². The molecule has 0 amide bonds. The van der Waals surface area contributed by atoms with Gasteiger partial charge in [0.05, 0.1) is 0 Å². The van der Waals surface area contributed by atoms with Crippen molar-refractivity contribution in [3.8, 4) is 0 Å². The Morgan fingerprint density at radius 1 is 1.24 bits per heavy atom. The topological polar surface area (TPSA) is 42.9 Å². The number of aromatic nitrogens is 2. The summed E-state index contributed by atoms with van der Waals surface area (Å²) in [4.78, 5) is 20.4. The van der Waals surface area contributed by atoms with Crippen molar-refractivity contribution in [2.45, 2.75) is 41.0 Å². The number of nitrogens with zero attached hydrogens (tertiary/aromatic N) is 2. The van der Waals surface area contributed by atoms with Gasteiger partial charge in [-0.2, -0.15) is 0 Å². The Kier molecular flexibility index (Phi) is 4.38. The van der Waals surface area contributed by atoms with E-state index in [1.807, 2.05) is 20.8 Å². The Morgan fingerprint density at radius 2 is 1.76 bits per heavy atom. The van der Waals surface area contributed by atoms with Crippen molar-refractivity contribution < 1.29 is 4.79 Å². The van der Waals surface area contributed by atoms with Crippen LogP contribution in [0.2, 0.25) is 0 Å². The maximum absolute atomic E-state index is 12.4. The van der Waals surface area contributed by atoms with Crippen molar-refractivity contribution in [3.63, 3.8) is 0 Å². The van der Waals surface area contributed by atoms with Crippen LogP contribution in [0.3, 0.4) is 0 Å². The number of carbonyl (C=O) groups is 1. The average molecular weight is 234 g/mol. The number of carbonyl (C=O) groups excluding carboxylic acids is 1. The van der Waals surface area contributed by atoms with Crippen molar-refractivity contribution in [1.82, 2.24) is 9.97 Å². The van der Waals surface area contributed by atoms with E-state index >= 15 is 0 Å². The second kappa shape index (κ2) is 5.39. The smallest absolute Gasteiger partial charge is 0.141 e. The van der Waals surface area contributed by atoms with Gasteiger partial charge < -0.3 is 0 Å². The molecular formula is C14H22N2O. The lowest BCUT2D eigenvalue weighted by Gasteiger charge is -2.27. The maximum atomic E-state index is 12.4. The molecule has 0 unspecified atom stereocenters. The van der Waals surface area contributed by atoms with Crippen LogP contribution in [0.1, 0.15) is 40.2 Å². The van der Waals surface area contributed by atoms with Gasteiger partial charge in [0.2, 0.25) is 0 Å². The van der Waals surface area contributed by atoms with Gasteiger partial charge in [-0.1, -0.05) is 34.6 Å². The van der Waals surface area contributed by atoms with E-state index in [1.165, 1.54) is 6.33 Å². The van der Waals surface area contributed by atoms with Crippen LogP contribution in [0.5, 0.6) is 0 Å². The molecule has 0 N–H and O–H groups in total. The molecule has 0 aliphatic heterocycles. The van der Waals surface area contributed by atoms with Gasteiger partial charge in [-0.25, -0.2) is 9.97 Å². The first-order valence-corrected chi connectivity index (χ1v) is 6.10. The van der Waals surface area contributed by atoms with Gasteiger partial charge in [0, 0.05) is 23.7 Å². The van der Waals surface area contributed by atoms with Crippen LogP contribution in [-0.2, 0) is 11.2 Å². The fourth-order valence-electron chi connectivity index (χ4n) is 1.88. The minimum Gasteiger partial charge on any atom is -0.299 e. The van der Waals surface area contributed by atoms with E-state index in [0.29, 0.717) is 11.7 Å². The summed E-state index contributed by atoms with van der Waals surface area (Å²) < 4.78 is 0. The van der Waals surface area contributed by atoms with E-state index in [2.05, 4.69) is 23.8 Å². The normalized spacial score (nSPS) is 13.8. The lowest BCUT2D eigenvalue weighted by molar-refractivity contribution is -0.131. The summed E-state index contributed by atoms with van der Waals surface area (Å²) in [6.07, 6.45) is 5.82. The molecule has 1 aromatic heterocycles. The van der Waals surface area contributed by atoms with Gasteiger partial charge in [-0.15, -0.1) is 0 Å². The molecule has 1 aromatic rings. The van der Waals surface area contributed by atoms with Crippen molar-refractivity contribution in [1.29, 1.82) is 0 Å². The molecule has 0 bridgehead atoms. The maximum Gasteiger partial charge on any atom is 0.141 e.